The highest BCUT2D eigenvalue weighted by Gasteiger charge is 2.12. The van der Waals surface area contributed by atoms with E-state index in [1.165, 1.54) is 5.56 Å². The van der Waals surface area contributed by atoms with Crippen molar-refractivity contribution >= 4 is 17.5 Å². The predicted octanol–water partition coefficient (Wildman–Crippen LogP) is 2.43. The Bertz CT molecular complexity index is 722. The molecule has 26 heavy (non-hydrogen) atoms. The standard InChI is InChI=1S/C21H27N3O2/c1-16-6-8-18(9-7-16)15-23-21(26)20(25)22-14-4-5-17-10-12-19(13-11-17)24(2)3/h6-13H,4-5,14-15H2,1-3H3,(H,22,25)(H,23,26). The van der Waals surface area contributed by atoms with Crippen molar-refractivity contribution in [3.8, 4) is 0 Å². The maximum Gasteiger partial charge on any atom is 0.309 e. The topological polar surface area (TPSA) is 61.4 Å². The summed E-state index contributed by atoms with van der Waals surface area (Å²) in [6.45, 7) is 2.84. The minimum atomic E-state index is -0.596. The number of nitrogens with one attached hydrogen (secondary N) is 2. The molecule has 2 aromatic carbocycles. The minimum absolute atomic E-state index is 0.352. The van der Waals surface area contributed by atoms with Crippen molar-refractivity contribution < 1.29 is 9.59 Å². The molecule has 0 aliphatic rings. The molecule has 0 aliphatic heterocycles. The Morgan fingerprint density at radius 3 is 2.04 bits per heavy atom. The fourth-order valence-electron chi connectivity index (χ4n) is 2.50. The first-order chi connectivity index (χ1) is 12.5. The van der Waals surface area contributed by atoms with Crippen LogP contribution in [0.3, 0.4) is 0 Å². The summed E-state index contributed by atoms with van der Waals surface area (Å²) in [5.74, 6) is -1.18. The molecule has 0 fully saturated rings. The number of carbonyl (C=O) groups excluding carboxylic acids is 2. The van der Waals surface area contributed by atoms with Gasteiger partial charge in [0.15, 0.2) is 0 Å². The molecule has 5 nitrogen and oxygen atoms in total. The molecule has 0 aromatic heterocycles. The first-order valence-corrected chi connectivity index (χ1v) is 8.83. The molecule has 0 spiro atoms. The molecule has 0 bridgehead atoms. The highest BCUT2D eigenvalue weighted by Crippen LogP contribution is 2.13. The number of anilines is 1. The van der Waals surface area contributed by atoms with Crippen LogP contribution in [-0.4, -0.2) is 32.5 Å². The Hall–Kier alpha value is -2.82. The largest absolute Gasteiger partial charge is 0.378 e. The van der Waals surface area contributed by atoms with Crippen LogP contribution >= 0.6 is 0 Å². The van der Waals surface area contributed by atoms with Gasteiger partial charge < -0.3 is 15.5 Å². The Morgan fingerprint density at radius 1 is 0.846 bits per heavy atom. The molecule has 2 amide bonds. The van der Waals surface area contributed by atoms with E-state index in [-0.39, 0.29) is 0 Å². The summed E-state index contributed by atoms with van der Waals surface area (Å²) in [7, 11) is 4.02. The molecular formula is C21H27N3O2. The van der Waals surface area contributed by atoms with E-state index in [1.54, 1.807) is 0 Å². The number of rotatable bonds is 7. The third kappa shape index (κ3) is 6.24. The second-order valence-corrected chi connectivity index (χ2v) is 6.59. The monoisotopic (exact) mass is 353 g/mol. The fourth-order valence-corrected chi connectivity index (χ4v) is 2.50. The summed E-state index contributed by atoms with van der Waals surface area (Å²) in [6.07, 6.45) is 1.65. The molecule has 0 radical (unpaired) electrons. The summed E-state index contributed by atoms with van der Waals surface area (Å²) in [6, 6.07) is 16.2. The molecule has 0 heterocycles. The number of amides is 2. The van der Waals surface area contributed by atoms with Crippen LogP contribution in [0.15, 0.2) is 48.5 Å². The average Bonchev–Trinajstić information content (AvgIpc) is 2.64. The zero-order chi connectivity index (χ0) is 18.9. The van der Waals surface area contributed by atoms with E-state index in [0.717, 1.165) is 29.7 Å². The van der Waals surface area contributed by atoms with E-state index in [4.69, 9.17) is 0 Å². The fraction of sp³-hybridized carbons (Fsp3) is 0.333. The number of benzene rings is 2. The molecule has 5 heteroatoms. The van der Waals surface area contributed by atoms with E-state index in [0.29, 0.717) is 13.1 Å². The van der Waals surface area contributed by atoms with Gasteiger partial charge in [0.1, 0.15) is 0 Å². The Kier molecular flexibility index (Phi) is 7.21. The van der Waals surface area contributed by atoms with Crippen LogP contribution in [-0.2, 0) is 22.6 Å². The van der Waals surface area contributed by atoms with E-state index in [9.17, 15) is 9.59 Å². The summed E-state index contributed by atoms with van der Waals surface area (Å²) in [5.41, 5.74) is 4.51. The summed E-state index contributed by atoms with van der Waals surface area (Å²) < 4.78 is 0. The molecule has 138 valence electrons. The second kappa shape index (κ2) is 9.61. The van der Waals surface area contributed by atoms with Gasteiger partial charge in [-0.2, -0.15) is 0 Å². The van der Waals surface area contributed by atoms with Gasteiger partial charge in [0, 0.05) is 32.9 Å². The van der Waals surface area contributed by atoms with Gasteiger partial charge in [0.25, 0.3) is 0 Å². The van der Waals surface area contributed by atoms with Gasteiger partial charge in [0.2, 0.25) is 0 Å². The Balaban J connectivity index is 1.66. The lowest BCUT2D eigenvalue weighted by Gasteiger charge is -2.12. The smallest absolute Gasteiger partial charge is 0.309 e. The van der Waals surface area contributed by atoms with Crippen LogP contribution in [0.5, 0.6) is 0 Å². The maximum absolute atomic E-state index is 11.8. The van der Waals surface area contributed by atoms with Gasteiger partial charge in [-0.3, -0.25) is 9.59 Å². The lowest BCUT2D eigenvalue weighted by Crippen LogP contribution is -2.40. The summed E-state index contributed by atoms with van der Waals surface area (Å²) in [4.78, 5) is 25.7. The van der Waals surface area contributed by atoms with E-state index < -0.39 is 11.8 Å². The van der Waals surface area contributed by atoms with Gasteiger partial charge in [-0.1, -0.05) is 42.0 Å². The van der Waals surface area contributed by atoms with Crippen LogP contribution in [0, 0.1) is 6.92 Å². The highest BCUT2D eigenvalue weighted by atomic mass is 16.2. The molecule has 0 unspecified atom stereocenters. The van der Waals surface area contributed by atoms with Gasteiger partial charge in [-0.15, -0.1) is 0 Å². The SMILES string of the molecule is Cc1ccc(CNC(=O)C(=O)NCCCc2ccc(N(C)C)cc2)cc1. The van der Waals surface area contributed by atoms with Gasteiger partial charge in [0.05, 0.1) is 0 Å². The van der Waals surface area contributed by atoms with Crippen LogP contribution in [0.1, 0.15) is 23.1 Å². The van der Waals surface area contributed by atoms with Crippen molar-refractivity contribution in [2.24, 2.45) is 0 Å². The van der Waals surface area contributed by atoms with Crippen molar-refractivity contribution in [2.75, 3.05) is 25.5 Å². The number of nitrogens with zero attached hydrogens (tertiary/aromatic N) is 1. The van der Waals surface area contributed by atoms with Crippen molar-refractivity contribution in [3.63, 3.8) is 0 Å². The zero-order valence-corrected chi connectivity index (χ0v) is 15.7. The molecule has 2 N–H and O–H groups in total. The maximum atomic E-state index is 11.8. The first-order valence-electron chi connectivity index (χ1n) is 8.83. The normalized spacial score (nSPS) is 10.3. The second-order valence-electron chi connectivity index (χ2n) is 6.59. The van der Waals surface area contributed by atoms with Crippen LogP contribution < -0.4 is 15.5 Å². The van der Waals surface area contributed by atoms with Crippen LogP contribution in [0.25, 0.3) is 0 Å². The van der Waals surface area contributed by atoms with Gasteiger partial charge in [-0.25, -0.2) is 0 Å². The number of hydrogen-bond acceptors (Lipinski definition) is 3. The van der Waals surface area contributed by atoms with Crippen LogP contribution in [0.4, 0.5) is 5.69 Å². The lowest BCUT2D eigenvalue weighted by atomic mass is 10.1. The number of aryl methyl sites for hydroxylation is 2. The molecule has 0 atom stereocenters. The third-order valence-electron chi connectivity index (χ3n) is 4.16. The Morgan fingerprint density at radius 2 is 1.42 bits per heavy atom. The van der Waals surface area contributed by atoms with Gasteiger partial charge >= 0.3 is 11.8 Å². The van der Waals surface area contributed by atoms with Crippen molar-refractivity contribution in [1.82, 2.24) is 10.6 Å². The summed E-state index contributed by atoms with van der Waals surface area (Å²) >= 11 is 0. The number of carbonyl (C=O) groups is 2. The quantitative estimate of drug-likeness (QED) is 0.594. The average molecular weight is 353 g/mol. The van der Waals surface area contributed by atoms with E-state index in [1.807, 2.05) is 45.3 Å². The predicted molar refractivity (Wildman–Crippen MR) is 105 cm³/mol. The minimum Gasteiger partial charge on any atom is -0.378 e. The molecule has 0 saturated heterocycles. The molecule has 0 saturated carbocycles. The van der Waals surface area contributed by atoms with Crippen molar-refractivity contribution in [3.05, 3.63) is 65.2 Å². The van der Waals surface area contributed by atoms with E-state index >= 15 is 0 Å². The molecule has 0 aliphatic carbocycles. The molecular weight excluding hydrogens is 326 g/mol. The summed E-state index contributed by atoms with van der Waals surface area (Å²) in [5, 5.41) is 5.31. The lowest BCUT2D eigenvalue weighted by molar-refractivity contribution is -0.139. The van der Waals surface area contributed by atoms with Gasteiger partial charge in [-0.05, 0) is 43.0 Å². The number of hydrogen-bond donors (Lipinski definition) is 2. The first kappa shape index (κ1) is 19.5. The Labute approximate surface area is 155 Å². The van der Waals surface area contributed by atoms with Crippen molar-refractivity contribution in [2.45, 2.75) is 26.3 Å². The highest BCUT2D eigenvalue weighted by molar-refractivity contribution is 6.35. The van der Waals surface area contributed by atoms with E-state index in [2.05, 4.69) is 39.8 Å². The zero-order valence-electron chi connectivity index (χ0n) is 15.7. The molecule has 2 rings (SSSR count). The third-order valence-corrected chi connectivity index (χ3v) is 4.16. The van der Waals surface area contributed by atoms with Crippen molar-refractivity contribution in [1.29, 1.82) is 0 Å². The molecule has 2 aromatic rings. The van der Waals surface area contributed by atoms with Crippen LogP contribution in [0.2, 0.25) is 0 Å².